The smallest absolute Gasteiger partial charge is 0.409 e. The third-order valence-corrected chi connectivity index (χ3v) is 3.17. The number of carbonyl (C=O) groups excluding carboxylic acids is 1. The van der Waals surface area contributed by atoms with Crippen molar-refractivity contribution in [2.75, 3.05) is 33.7 Å². The summed E-state index contributed by atoms with van der Waals surface area (Å²) in [5.41, 5.74) is 0. The highest BCUT2D eigenvalue weighted by atomic mass is 16.6. The Labute approximate surface area is 105 Å². The second kappa shape index (κ2) is 7.54. The number of unbranched alkanes of at least 4 members (excludes halogenated alkanes) is 2. The Hall–Kier alpha value is -0.770. The molecule has 0 aliphatic carbocycles. The Balaban J connectivity index is 2.26. The van der Waals surface area contributed by atoms with Crippen LogP contribution in [0.15, 0.2) is 0 Å². The predicted molar refractivity (Wildman–Crippen MR) is 69.2 cm³/mol. The van der Waals surface area contributed by atoms with E-state index in [9.17, 15) is 4.79 Å². The van der Waals surface area contributed by atoms with Crippen LogP contribution in [-0.4, -0.2) is 55.7 Å². The summed E-state index contributed by atoms with van der Waals surface area (Å²) < 4.78 is 5.43. The molecule has 0 N–H and O–H groups in total. The maximum absolute atomic E-state index is 11.5. The van der Waals surface area contributed by atoms with Gasteiger partial charge in [0.25, 0.3) is 0 Å². The van der Waals surface area contributed by atoms with Crippen LogP contribution in [0.25, 0.3) is 0 Å². The molecule has 4 heteroatoms. The minimum Gasteiger partial charge on any atom is -0.445 e. The van der Waals surface area contributed by atoms with E-state index in [0.717, 1.165) is 32.5 Å². The molecule has 1 amide bonds. The van der Waals surface area contributed by atoms with Crippen molar-refractivity contribution in [2.24, 2.45) is 0 Å². The molecule has 1 atom stereocenters. The lowest BCUT2D eigenvalue weighted by Crippen LogP contribution is -2.42. The van der Waals surface area contributed by atoms with Crippen molar-refractivity contribution >= 4 is 6.09 Å². The second-order valence-electron chi connectivity index (χ2n) is 5.05. The first-order valence-corrected chi connectivity index (χ1v) is 6.73. The summed E-state index contributed by atoms with van der Waals surface area (Å²) in [6, 6.07) is 0. The molecule has 0 aromatic rings. The van der Waals surface area contributed by atoms with Crippen LogP contribution in [0, 0.1) is 0 Å². The second-order valence-corrected chi connectivity index (χ2v) is 5.05. The Morgan fingerprint density at radius 1 is 1.41 bits per heavy atom. The highest BCUT2D eigenvalue weighted by molar-refractivity contribution is 5.66. The third kappa shape index (κ3) is 5.39. The summed E-state index contributed by atoms with van der Waals surface area (Å²) in [7, 11) is 3.45. The zero-order valence-corrected chi connectivity index (χ0v) is 11.4. The molecule has 0 aromatic heterocycles. The molecule has 100 valence electrons. The van der Waals surface area contributed by atoms with Crippen LogP contribution in [0.2, 0.25) is 0 Å². The van der Waals surface area contributed by atoms with Gasteiger partial charge >= 0.3 is 6.09 Å². The van der Waals surface area contributed by atoms with Crippen molar-refractivity contribution in [2.45, 2.75) is 45.1 Å². The topological polar surface area (TPSA) is 32.8 Å². The monoisotopic (exact) mass is 242 g/mol. The quantitative estimate of drug-likeness (QED) is 0.694. The van der Waals surface area contributed by atoms with Crippen LogP contribution in [0.3, 0.4) is 0 Å². The standard InChI is InChI=1S/C13H26N2O2/c1-4-5-6-9-15-10-7-8-12(11-15)17-13(16)14(2)3/h12H,4-11H2,1-3H3/t12-/m0/s1. The summed E-state index contributed by atoms with van der Waals surface area (Å²) in [6.45, 7) is 5.42. The van der Waals surface area contributed by atoms with Crippen LogP contribution in [-0.2, 0) is 4.74 Å². The first-order valence-electron chi connectivity index (χ1n) is 6.73. The average Bonchev–Trinajstić information content (AvgIpc) is 2.30. The van der Waals surface area contributed by atoms with E-state index in [1.54, 1.807) is 14.1 Å². The van der Waals surface area contributed by atoms with Crippen LogP contribution in [0.4, 0.5) is 4.79 Å². The fourth-order valence-corrected chi connectivity index (χ4v) is 2.15. The van der Waals surface area contributed by atoms with Crippen LogP contribution < -0.4 is 0 Å². The van der Waals surface area contributed by atoms with Crippen molar-refractivity contribution in [3.8, 4) is 0 Å². The number of ether oxygens (including phenoxy) is 1. The predicted octanol–water partition coefficient (Wildman–Crippen LogP) is 2.34. The Kier molecular flexibility index (Phi) is 6.34. The molecular formula is C13H26N2O2. The molecular weight excluding hydrogens is 216 g/mol. The molecule has 1 rings (SSSR count). The minimum atomic E-state index is -0.217. The number of amides is 1. The first-order chi connectivity index (χ1) is 8.13. The van der Waals surface area contributed by atoms with Crippen LogP contribution in [0.1, 0.15) is 39.0 Å². The number of piperidine rings is 1. The fraction of sp³-hybridized carbons (Fsp3) is 0.923. The van der Waals surface area contributed by atoms with E-state index in [2.05, 4.69) is 11.8 Å². The van der Waals surface area contributed by atoms with Gasteiger partial charge in [0.05, 0.1) is 0 Å². The van der Waals surface area contributed by atoms with Gasteiger partial charge in [0.2, 0.25) is 0 Å². The fourth-order valence-electron chi connectivity index (χ4n) is 2.15. The maximum Gasteiger partial charge on any atom is 0.409 e. The Morgan fingerprint density at radius 2 is 2.18 bits per heavy atom. The SMILES string of the molecule is CCCCCN1CCC[C@H](OC(=O)N(C)C)C1. The van der Waals surface area contributed by atoms with Crippen molar-refractivity contribution in [3.63, 3.8) is 0 Å². The van der Waals surface area contributed by atoms with Crippen molar-refractivity contribution < 1.29 is 9.53 Å². The molecule has 4 nitrogen and oxygen atoms in total. The molecule has 0 radical (unpaired) electrons. The van der Waals surface area contributed by atoms with E-state index in [1.807, 2.05) is 0 Å². The number of hydrogen-bond donors (Lipinski definition) is 0. The largest absolute Gasteiger partial charge is 0.445 e. The Morgan fingerprint density at radius 3 is 2.82 bits per heavy atom. The average molecular weight is 242 g/mol. The zero-order chi connectivity index (χ0) is 12.7. The summed E-state index contributed by atoms with van der Waals surface area (Å²) in [6.07, 6.45) is 5.81. The molecule has 17 heavy (non-hydrogen) atoms. The van der Waals surface area contributed by atoms with Gasteiger partial charge in [-0.25, -0.2) is 4.79 Å². The van der Waals surface area contributed by atoms with Gasteiger partial charge < -0.3 is 9.64 Å². The van der Waals surface area contributed by atoms with Gasteiger partial charge in [-0.1, -0.05) is 19.8 Å². The molecule has 0 saturated carbocycles. The van der Waals surface area contributed by atoms with Crippen LogP contribution in [0.5, 0.6) is 0 Å². The molecule has 0 aromatic carbocycles. The number of nitrogens with zero attached hydrogens (tertiary/aromatic N) is 2. The number of carbonyl (C=O) groups is 1. The van der Waals surface area contributed by atoms with Gasteiger partial charge in [0, 0.05) is 20.6 Å². The molecule has 1 aliphatic heterocycles. The maximum atomic E-state index is 11.5. The van der Waals surface area contributed by atoms with Crippen molar-refractivity contribution in [1.29, 1.82) is 0 Å². The molecule has 1 saturated heterocycles. The van der Waals surface area contributed by atoms with Gasteiger partial charge in [-0.05, 0) is 32.4 Å². The van der Waals surface area contributed by atoms with Crippen molar-refractivity contribution in [1.82, 2.24) is 9.80 Å². The molecule has 1 aliphatic rings. The lowest BCUT2D eigenvalue weighted by molar-refractivity contribution is 0.0283. The highest BCUT2D eigenvalue weighted by Crippen LogP contribution is 2.14. The molecule has 0 spiro atoms. The van der Waals surface area contributed by atoms with Crippen molar-refractivity contribution in [3.05, 3.63) is 0 Å². The van der Waals surface area contributed by atoms with Gasteiger partial charge in [-0.3, -0.25) is 4.90 Å². The summed E-state index contributed by atoms with van der Waals surface area (Å²) in [5, 5.41) is 0. The van der Waals surface area contributed by atoms with Gasteiger partial charge in [0.1, 0.15) is 6.10 Å². The van der Waals surface area contributed by atoms with Gasteiger partial charge in [-0.15, -0.1) is 0 Å². The summed E-state index contributed by atoms with van der Waals surface area (Å²) >= 11 is 0. The summed E-state index contributed by atoms with van der Waals surface area (Å²) in [4.78, 5) is 15.4. The third-order valence-electron chi connectivity index (χ3n) is 3.17. The van der Waals surface area contributed by atoms with E-state index >= 15 is 0 Å². The van der Waals surface area contributed by atoms with E-state index in [0.29, 0.717) is 0 Å². The summed E-state index contributed by atoms with van der Waals surface area (Å²) in [5.74, 6) is 0. The van der Waals surface area contributed by atoms with E-state index in [4.69, 9.17) is 4.74 Å². The zero-order valence-electron chi connectivity index (χ0n) is 11.4. The molecule has 0 bridgehead atoms. The number of hydrogen-bond acceptors (Lipinski definition) is 3. The van der Waals surface area contributed by atoms with Crippen LogP contribution >= 0.6 is 0 Å². The highest BCUT2D eigenvalue weighted by Gasteiger charge is 2.23. The van der Waals surface area contributed by atoms with E-state index in [-0.39, 0.29) is 12.2 Å². The lowest BCUT2D eigenvalue weighted by atomic mass is 10.1. The van der Waals surface area contributed by atoms with E-state index < -0.39 is 0 Å². The lowest BCUT2D eigenvalue weighted by Gasteiger charge is -2.32. The number of rotatable bonds is 5. The van der Waals surface area contributed by atoms with E-state index in [1.165, 1.54) is 24.2 Å². The number of likely N-dealkylation sites (tertiary alicyclic amines) is 1. The Bertz CT molecular complexity index is 231. The minimum absolute atomic E-state index is 0.0836. The van der Waals surface area contributed by atoms with Gasteiger partial charge in [-0.2, -0.15) is 0 Å². The van der Waals surface area contributed by atoms with Gasteiger partial charge in [0.15, 0.2) is 0 Å². The normalized spacial score (nSPS) is 21.2. The molecule has 1 heterocycles. The molecule has 1 fully saturated rings. The molecule has 0 unspecified atom stereocenters. The first kappa shape index (κ1) is 14.3.